The van der Waals surface area contributed by atoms with Crippen LogP contribution in [0, 0.1) is 0 Å². The highest BCUT2D eigenvalue weighted by atomic mass is 16.5. The third kappa shape index (κ3) is 4.57. The number of ketones is 1. The highest BCUT2D eigenvalue weighted by Crippen LogP contribution is 2.21. The van der Waals surface area contributed by atoms with Gasteiger partial charge in [0.25, 0.3) is 0 Å². The fraction of sp³-hybridized carbons (Fsp3) is 0.278. The molecule has 9 heteroatoms. The standard InChI is InChI=1S/C18H20N6O3/c1-12(26)15-9-20-18(22-13-4-5-16(27-2)19-8-13)23-17(15)21-14-10-24(11-14)6-3-7-25/h3-9,14H,10-11H2,1-2H3,(H2,20,21,22,23). The molecule has 0 saturated carbocycles. The van der Waals surface area contributed by atoms with Crippen molar-refractivity contribution in [1.82, 2.24) is 19.9 Å². The smallest absolute Gasteiger partial charge is 0.229 e. The lowest BCUT2D eigenvalue weighted by Crippen LogP contribution is -2.52. The number of ether oxygens (including phenoxy) is 1. The molecule has 0 atom stereocenters. The Morgan fingerprint density at radius 2 is 2.11 bits per heavy atom. The van der Waals surface area contributed by atoms with Crippen molar-refractivity contribution in [2.45, 2.75) is 13.0 Å². The van der Waals surface area contributed by atoms with Gasteiger partial charge in [-0.25, -0.2) is 9.97 Å². The Morgan fingerprint density at radius 1 is 1.30 bits per heavy atom. The van der Waals surface area contributed by atoms with E-state index in [0.717, 1.165) is 19.4 Å². The zero-order chi connectivity index (χ0) is 19.2. The van der Waals surface area contributed by atoms with Crippen molar-refractivity contribution in [3.05, 3.63) is 42.4 Å². The number of anilines is 3. The average molecular weight is 368 g/mol. The van der Waals surface area contributed by atoms with Gasteiger partial charge in [-0.2, -0.15) is 4.98 Å². The molecular formula is C18H20N6O3. The van der Waals surface area contributed by atoms with E-state index >= 15 is 0 Å². The minimum absolute atomic E-state index is 0.118. The minimum atomic E-state index is -0.118. The first kappa shape index (κ1) is 18.3. The number of nitrogens with zero attached hydrogens (tertiary/aromatic N) is 4. The van der Waals surface area contributed by atoms with Crippen LogP contribution >= 0.6 is 0 Å². The van der Waals surface area contributed by atoms with Gasteiger partial charge in [-0.1, -0.05) is 0 Å². The van der Waals surface area contributed by atoms with Crippen LogP contribution in [0.15, 0.2) is 36.8 Å². The van der Waals surface area contributed by atoms with Crippen LogP contribution in [0.2, 0.25) is 0 Å². The number of methoxy groups -OCH3 is 1. The summed E-state index contributed by atoms with van der Waals surface area (Å²) < 4.78 is 5.03. The van der Waals surface area contributed by atoms with E-state index in [-0.39, 0.29) is 11.8 Å². The fourth-order valence-electron chi connectivity index (χ4n) is 2.59. The first-order valence-corrected chi connectivity index (χ1v) is 8.36. The van der Waals surface area contributed by atoms with Crippen LogP contribution in [-0.2, 0) is 4.79 Å². The molecule has 0 aromatic carbocycles. The van der Waals surface area contributed by atoms with Gasteiger partial charge in [-0.15, -0.1) is 0 Å². The number of hydrogen-bond donors (Lipinski definition) is 2. The number of Topliss-reactive ketones (excluding diaryl/α,β-unsaturated/α-hetero) is 1. The SMILES string of the molecule is COc1ccc(Nc2ncc(C(C)=O)c(NC3CN(C=CC=O)C3)n2)cn1. The molecule has 2 aromatic heterocycles. The summed E-state index contributed by atoms with van der Waals surface area (Å²) in [6, 6.07) is 3.65. The molecule has 0 radical (unpaired) electrons. The second-order valence-corrected chi connectivity index (χ2v) is 6.00. The van der Waals surface area contributed by atoms with Gasteiger partial charge in [-0.3, -0.25) is 9.59 Å². The summed E-state index contributed by atoms with van der Waals surface area (Å²) in [5.41, 5.74) is 1.13. The molecule has 27 heavy (non-hydrogen) atoms. The summed E-state index contributed by atoms with van der Waals surface area (Å²) >= 11 is 0. The van der Waals surface area contributed by atoms with E-state index in [1.165, 1.54) is 19.2 Å². The van der Waals surface area contributed by atoms with Crippen molar-refractivity contribution in [1.29, 1.82) is 0 Å². The van der Waals surface area contributed by atoms with Crippen LogP contribution in [0.3, 0.4) is 0 Å². The number of carbonyl (C=O) groups excluding carboxylic acids is 2. The number of carbonyl (C=O) groups is 2. The normalized spacial score (nSPS) is 13.9. The quantitative estimate of drug-likeness (QED) is 0.408. The van der Waals surface area contributed by atoms with Crippen LogP contribution in [0.4, 0.5) is 17.5 Å². The number of aromatic nitrogens is 3. The Morgan fingerprint density at radius 3 is 2.74 bits per heavy atom. The zero-order valence-corrected chi connectivity index (χ0v) is 15.0. The molecule has 1 saturated heterocycles. The van der Waals surface area contributed by atoms with Gasteiger partial charge in [0.1, 0.15) is 12.1 Å². The van der Waals surface area contributed by atoms with E-state index in [0.29, 0.717) is 28.9 Å². The van der Waals surface area contributed by atoms with E-state index in [2.05, 4.69) is 25.6 Å². The Kier molecular flexibility index (Phi) is 5.60. The van der Waals surface area contributed by atoms with E-state index in [1.807, 2.05) is 4.90 Å². The Balaban J connectivity index is 1.71. The Bertz CT molecular complexity index is 847. The predicted molar refractivity (Wildman–Crippen MR) is 100 cm³/mol. The van der Waals surface area contributed by atoms with Gasteiger partial charge in [0.15, 0.2) is 5.78 Å². The van der Waals surface area contributed by atoms with Gasteiger partial charge >= 0.3 is 0 Å². The van der Waals surface area contributed by atoms with E-state index in [4.69, 9.17) is 4.74 Å². The summed E-state index contributed by atoms with van der Waals surface area (Å²) in [7, 11) is 1.55. The molecule has 1 aliphatic rings. The molecule has 2 aromatic rings. The molecule has 1 aliphatic heterocycles. The number of allylic oxidation sites excluding steroid dienone is 1. The van der Waals surface area contributed by atoms with Crippen LogP contribution in [0.1, 0.15) is 17.3 Å². The number of nitrogens with one attached hydrogen (secondary N) is 2. The highest BCUT2D eigenvalue weighted by Gasteiger charge is 2.25. The first-order valence-electron chi connectivity index (χ1n) is 8.36. The maximum Gasteiger partial charge on any atom is 0.229 e. The Labute approximate surface area is 156 Å². The molecule has 0 amide bonds. The maximum absolute atomic E-state index is 11.9. The highest BCUT2D eigenvalue weighted by molar-refractivity contribution is 5.98. The lowest BCUT2D eigenvalue weighted by Gasteiger charge is -2.39. The van der Waals surface area contributed by atoms with Crippen molar-refractivity contribution in [2.24, 2.45) is 0 Å². The predicted octanol–water partition coefficient (Wildman–Crippen LogP) is 1.64. The zero-order valence-electron chi connectivity index (χ0n) is 15.0. The summed E-state index contributed by atoms with van der Waals surface area (Å²) in [4.78, 5) is 37.0. The van der Waals surface area contributed by atoms with Gasteiger partial charge in [0, 0.05) is 31.6 Å². The van der Waals surface area contributed by atoms with Crippen molar-refractivity contribution < 1.29 is 14.3 Å². The molecule has 0 aliphatic carbocycles. The molecule has 0 bridgehead atoms. The molecule has 1 fully saturated rings. The number of pyridine rings is 1. The van der Waals surface area contributed by atoms with Gasteiger partial charge in [-0.05, 0) is 19.1 Å². The molecule has 2 N–H and O–H groups in total. The van der Waals surface area contributed by atoms with Crippen molar-refractivity contribution >= 4 is 29.5 Å². The van der Waals surface area contributed by atoms with Crippen molar-refractivity contribution in [2.75, 3.05) is 30.8 Å². The number of rotatable bonds is 8. The Hall–Kier alpha value is -3.49. The van der Waals surface area contributed by atoms with Crippen LogP contribution in [0.5, 0.6) is 5.88 Å². The number of aldehydes is 1. The van der Waals surface area contributed by atoms with E-state index < -0.39 is 0 Å². The third-order valence-corrected chi connectivity index (χ3v) is 4.00. The molecule has 140 valence electrons. The molecular weight excluding hydrogens is 348 g/mol. The number of likely N-dealkylation sites (tertiary alicyclic amines) is 1. The van der Waals surface area contributed by atoms with Gasteiger partial charge in [0.2, 0.25) is 11.8 Å². The largest absolute Gasteiger partial charge is 0.481 e. The second kappa shape index (κ2) is 8.26. The molecule has 3 heterocycles. The number of hydrogen-bond acceptors (Lipinski definition) is 9. The van der Waals surface area contributed by atoms with Crippen LogP contribution in [0.25, 0.3) is 0 Å². The lowest BCUT2D eigenvalue weighted by atomic mass is 10.1. The van der Waals surface area contributed by atoms with Gasteiger partial charge in [0.05, 0.1) is 30.6 Å². The summed E-state index contributed by atoms with van der Waals surface area (Å²) in [5, 5.41) is 6.32. The lowest BCUT2D eigenvalue weighted by molar-refractivity contribution is -0.104. The fourth-order valence-corrected chi connectivity index (χ4v) is 2.59. The minimum Gasteiger partial charge on any atom is -0.481 e. The van der Waals surface area contributed by atoms with Crippen LogP contribution in [-0.4, -0.2) is 58.2 Å². The first-order chi connectivity index (χ1) is 13.1. The summed E-state index contributed by atoms with van der Waals surface area (Å²) in [6.45, 7) is 2.91. The summed E-state index contributed by atoms with van der Waals surface area (Å²) in [5.74, 6) is 1.22. The molecule has 0 unspecified atom stereocenters. The van der Waals surface area contributed by atoms with Crippen LogP contribution < -0.4 is 15.4 Å². The van der Waals surface area contributed by atoms with Gasteiger partial charge < -0.3 is 20.3 Å². The average Bonchev–Trinajstić information content (AvgIpc) is 2.64. The van der Waals surface area contributed by atoms with Crippen molar-refractivity contribution in [3.63, 3.8) is 0 Å². The topological polar surface area (TPSA) is 109 Å². The maximum atomic E-state index is 11.9. The van der Waals surface area contributed by atoms with Crippen molar-refractivity contribution in [3.8, 4) is 5.88 Å². The molecule has 3 rings (SSSR count). The van der Waals surface area contributed by atoms with E-state index in [1.54, 1.807) is 31.6 Å². The molecule has 9 nitrogen and oxygen atoms in total. The monoisotopic (exact) mass is 368 g/mol. The third-order valence-electron chi connectivity index (χ3n) is 4.00. The molecule has 0 spiro atoms. The summed E-state index contributed by atoms with van der Waals surface area (Å²) in [6.07, 6.45) is 7.04. The second-order valence-electron chi connectivity index (χ2n) is 6.00. The van der Waals surface area contributed by atoms with E-state index in [9.17, 15) is 9.59 Å².